The zero-order valence-electron chi connectivity index (χ0n) is 16.5. The van der Waals surface area contributed by atoms with Crippen LogP contribution in [0.3, 0.4) is 0 Å². The van der Waals surface area contributed by atoms with E-state index in [9.17, 15) is 26.4 Å². The molecule has 0 spiro atoms. The smallest absolute Gasteiger partial charge is 0.417 e. The van der Waals surface area contributed by atoms with Gasteiger partial charge < -0.3 is 14.8 Å². The zero-order valence-corrected chi connectivity index (χ0v) is 17.3. The summed E-state index contributed by atoms with van der Waals surface area (Å²) in [6.07, 6.45) is -4.23. The van der Waals surface area contributed by atoms with Gasteiger partial charge in [-0.25, -0.2) is 13.4 Å². The number of carbonyl (C=O) groups excluding carboxylic acids is 1. The van der Waals surface area contributed by atoms with Gasteiger partial charge in [0.1, 0.15) is 18.1 Å². The molecule has 7 nitrogen and oxygen atoms in total. The normalized spacial score (nSPS) is 12.3. The maximum absolute atomic E-state index is 12.7. The second-order valence-corrected chi connectivity index (χ2v) is 9.12. The number of halogens is 3. The van der Waals surface area contributed by atoms with Gasteiger partial charge in [-0.1, -0.05) is 0 Å². The number of methoxy groups -OCH3 is 1. The molecule has 1 aromatic heterocycles. The van der Waals surface area contributed by atoms with Gasteiger partial charge in [0.25, 0.3) is 0 Å². The second-order valence-electron chi connectivity index (χ2n) is 6.68. The number of nitrogens with zero attached hydrogens (tertiary/aromatic N) is 1. The Kier molecular flexibility index (Phi) is 6.96. The molecule has 0 unspecified atom stereocenters. The van der Waals surface area contributed by atoms with Crippen LogP contribution in [0.25, 0.3) is 0 Å². The molecule has 30 heavy (non-hydrogen) atoms. The Hall–Kier alpha value is -2.82. The van der Waals surface area contributed by atoms with Crippen molar-refractivity contribution >= 4 is 15.7 Å². The van der Waals surface area contributed by atoms with Gasteiger partial charge in [-0.2, -0.15) is 13.2 Å². The molecule has 0 bridgehead atoms. The lowest BCUT2D eigenvalue weighted by atomic mass is 10.2. The third kappa shape index (κ3) is 5.21. The maximum Gasteiger partial charge on any atom is 0.417 e. The highest BCUT2D eigenvalue weighted by Gasteiger charge is 2.44. The molecule has 0 aliphatic carbocycles. The Bertz CT molecular complexity index is 973. The minimum atomic E-state index is -4.65. The van der Waals surface area contributed by atoms with E-state index in [2.05, 4.69) is 10.3 Å². The van der Waals surface area contributed by atoms with E-state index in [1.807, 2.05) is 0 Å². The predicted octanol–water partition coefficient (Wildman–Crippen LogP) is 2.86. The van der Waals surface area contributed by atoms with Crippen molar-refractivity contribution in [2.45, 2.75) is 29.8 Å². The Morgan fingerprint density at radius 1 is 1.07 bits per heavy atom. The third-order valence-electron chi connectivity index (χ3n) is 4.27. The first kappa shape index (κ1) is 23.5. The summed E-state index contributed by atoms with van der Waals surface area (Å²) in [6, 6.07) is 8.08. The summed E-state index contributed by atoms with van der Waals surface area (Å²) in [7, 11) is -2.81. The summed E-state index contributed by atoms with van der Waals surface area (Å²) in [5.41, 5.74) is -1.08. The molecule has 0 aliphatic heterocycles. The van der Waals surface area contributed by atoms with Gasteiger partial charge >= 0.3 is 6.18 Å². The van der Waals surface area contributed by atoms with Gasteiger partial charge in [0.2, 0.25) is 15.7 Å². The fourth-order valence-electron chi connectivity index (χ4n) is 2.31. The van der Waals surface area contributed by atoms with E-state index in [1.54, 1.807) is 24.3 Å². The minimum Gasteiger partial charge on any atom is -0.497 e. The highest BCUT2D eigenvalue weighted by Crippen LogP contribution is 2.30. The average molecular weight is 446 g/mol. The van der Waals surface area contributed by atoms with E-state index >= 15 is 0 Å². The van der Waals surface area contributed by atoms with Crippen molar-refractivity contribution in [1.82, 2.24) is 10.3 Å². The van der Waals surface area contributed by atoms with E-state index in [0.717, 1.165) is 19.9 Å². The standard InChI is InChI=1S/C19H21F3N2O5S/c1-18(2,30(26,27)16-9-4-13(12-24-16)19(20,21)22)17(25)23-10-11-29-15-7-5-14(28-3)6-8-15/h4-9,12H,10-11H2,1-3H3,(H,23,25). The summed E-state index contributed by atoms with van der Waals surface area (Å²) in [5, 5.41) is 1.83. The molecule has 1 N–H and O–H groups in total. The number of rotatable bonds is 8. The lowest BCUT2D eigenvalue weighted by Crippen LogP contribution is -2.49. The molecular formula is C19H21F3N2O5S. The first-order valence-electron chi connectivity index (χ1n) is 8.72. The van der Waals surface area contributed by atoms with E-state index in [4.69, 9.17) is 9.47 Å². The number of pyridine rings is 1. The fourth-order valence-corrected chi connectivity index (χ4v) is 3.59. The molecule has 0 atom stereocenters. The van der Waals surface area contributed by atoms with Gasteiger partial charge in [0, 0.05) is 6.20 Å². The Balaban J connectivity index is 1.99. The number of amides is 1. The number of aromatic nitrogens is 1. The maximum atomic E-state index is 12.7. The molecular weight excluding hydrogens is 425 g/mol. The van der Waals surface area contributed by atoms with Crippen LogP contribution in [0.15, 0.2) is 47.6 Å². The van der Waals surface area contributed by atoms with E-state index in [0.29, 0.717) is 23.8 Å². The molecule has 0 saturated heterocycles. The summed E-state index contributed by atoms with van der Waals surface area (Å²) in [6.45, 7) is 2.40. The van der Waals surface area contributed by atoms with Crippen LogP contribution in [0.4, 0.5) is 13.2 Å². The molecule has 164 valence electrons. The van der Waals surface area contributed by atoms with Crippen LogP contribution in [0.1, 0.15) is 19.4 Å². The Morgan fingerprint density at radius 3 is 2.17 bits per heavy atom. The largest absolute Gasteiger partial charge is 0.497 e. The Labute approximate surface area is 172 Å². The lowest BCUT2D eigenvalue weighted by molar-refractivity contribution is -0.137. The van der Waals surface area contributed by atoms with E-state index < -0.39 is 37.3 Å². The topological polar surface area (TPSA) is 94.6 Å². The molecule has 0 radical (unpaired) electrons. The van der Waals surface area contributed by atoms with Gasteiger partial charge in [-0.15, -0.1) is 0 Å². The number of nitrogens with one attached hydrogen (secondary N) is 1. The first-order chi connectivity index (χ1) is 13.9. The van der Waals surface area contributed by atoms with Crippen molar-refractivity contribution < 1.29 is 35.9 Å². The number of carbonyl (C=O) groups is 1. The minimum absolute atomic E-state index is 0.0181. The van der Waals surface area contributed by atoms with Gasteiger partial charge in [0.05, 0.1) is 19.2 Å². The monoisotopic (exact) mass is 446 g/mol. The van der Waals surface area contributed by atoms with Gasteiger partial charge in [-0.05, 0) is 50.2 Å². The Morgan fingerprint density at radius 2 is 1.67 bits per heavy atom. The van der Waals surface area contributed by atoms with Crippen LogP contribution in [0.2, 0.25) is 0 Å². The highest BCUT2D eigenvalue weighted by atomic mass is 32.2. The van der Waals surface area contributed by atoms with Crippen molar-refractivity contribution in [3.05, 3.63) is 48.2 Å². The van der Waals surface area contributed by atoms with E-state index in [1.165, 1.54) is 7.11 Å². The molecule has 11 heteroatoms. The second kappa shape index (κ2) is 8.90. The van der Waals surface area contributed by atoms with Crippen molar-refractivity contribution in [3.8, 4) is 11.5 Å². The van der Waals surface area contributed by atoms with Crippen LogP contribution < -0.4 is 14.8 Å². The summed E-state index contributed by atoms with van der Waals surface area (Å²) in [5.74, 6) is 0.355. The number of alkyl halides is 3. The molecule has 0 saturated carbocycles. The highest BCUT2D eigenvalue weighted by molar-refractivity contribution is 7.93. The van der Waals surface area contributed by atoms with Crippen molar-refractivity contribution in [3.63, 3.8) is 0 Å². The molecule has 2 aromatic rings. The van der Waals surface area contributed by atoms with Gasteiger partial charge in [-0.3, -0.25) is 4.79 Å². The summed E-state index contributed by atoms with van der Waals surface area (Å²) in [4.78, 5) is 15.8. The average Bonchev–Trinajstić information content (AvgIpc) is 2.70. The molecule has 2 rings (SSSR count). The molecule has 1 aromatic carbocycles. The quantitative estimate of drug-likeness (QED) is 0.627. The third-order valence-corrected chi connectivity index (χ3v) is 6.59. The summed E-state index contributed by atoms with van der Waals surface area (Å²) < 4.78 is 71.9. The van der Waals surface area contributed by atoms with Crippen molar-refractivity contribution in [1.29, 1.82) is 0 Å². The number of ether oxygens (including phenoxy) is 2. The van der Waals surface area contributed by atoms with Crippen LogP contribution in [0.5, 0.6) is 11.5 Å². The number of sulfone groups is 1. The number of hydrogen-bond acceptors (Lipinski definition) is 6. The van der Waals surface area contributed by atoms with Crippen molar-refractivity contribution in [2.24, 2.45) is 0 Å². The van der Waals surface area contributed by atoms with E-state index in [-0.39, 0.29) is 13.2 Å². The van der Waals surface area contributed by atoms with Crippen LogP contribution in [0, 0.1) is 0 Å². The predicted molar refractivity (Wildman–Crippen MR) is 102 cm³/mol. The number of benzene rings is 1. The SMILES string of the molecule is COc1ccc(OCCNC(=O)C(C)(C)S(=O)(=O)c2ccc(C(F)(F)F)cn2)cc1. The van der Waals surface area contributed by atoms with Crippen LogP contribution in [-0.4, -0.2) is 44.3 Å². The van der Waals surface area contributed by atoms with Crippen molar-refractivity contribution in [2.75, 3.05) is 20.3 Å². The first-order valence-corrected chi connectivity index (χ1v) is 10.2. The number of hydrogen-bond donors (Lipinski definition) is 1. The molecule has 0 fully saturated rings. The molecule has 1 amide bonds. The fraction of sp³-hybridized carbons (Fsp3) is 0.368. The summed E-state index contributed by atoms with van der Waals surface area (Å²) >= 11 is 0. The van der Waals surface area contributed by atoms with Gasteiger partial charge in [0.15, 0.2) is 9.77 Å². The molecule has 0 aliphatic rings. The zero-order chi connectivity index (χ0) is 22.6. The van der Waals surface area contributed by atoms with Crippen LogP contribution in [-0.2, 0) is 20.8 Å². The molecule has 1 heterocycles. The lowest BCUT2D eigenvalue weighted by Gasteiger charge is -2.23. The van der Waals surface area contributed by atoms with Crippen LogP contribution >= 0.6 is 0 Å².